The molecule has 1 fully saturated rings. The van der Waals surface area contributed by atoms with Crippen molar-refractivity contribution in [3.8, 4) is 11.6 Å². The van der Waals surface area contributed by atoms with E-state index in [0.717, 1.165) is 25.7 Å². The van der Waals surface area contributed by atoms with Gasteiger partial charge < -0.3 is 10.3 Å². The number of nitrogens with zero attached hydrogens (tertiary/aromatic N) is 4. The molecule has 1 aliphatic rings. The highest BCUT2D eigenvalue weighted by Crippen LogP contribution is 2.35. The molecule has 2 aromatic heterocycles. The highest BCUT2D eigenvalue weighted by molar-refractivity contribution is 5.41. The maximum Gasteiger partial charge on any atom is 0.419 e. The molecule has 6 nitrogen and oxygen atoms in total. The maximum absolute atomic E-state index is 12.5. The smallest absolute Gasteiger partial charge is 0.339 e. The minimum atomic E-state index is -4.47. The SMILES string of the molecule is CC.NCC1CCC(c2nc(-c3ncc(C(F)(F)F)cn3)no2)CC1. The molecule has 0 saturated heterocycles. The second-order valence-electron chi connectivity index (χ2n) is 5.70. The Morgan fingerprint density at radius 1 is 1.08 bits per heavy atom. The first-order chi connectivity index (χ1) is 12.0. The highest BCUT2D eigenvalue weighted by Gasteiger charge is 2.32. The van der Waals surface area contributed by atoms with Crippen molar-refractivity contribution >= 4 is 0 Å². The molecule has 9 heteroatoms. The summed E-state index contributed by atoms with van der Waals surface area (Å²) in [6.07, 6.45) is 0.804. The molecule has 0 unspecified atom stereocenters. The van der Waals surface area contributed by atoms with Crippen LogP contribution in [0.15, 0.2) is 16.9 Å². The van der Waals surface area contributed by atoms with Crippen LogP contribution in [0.4, 0.5) is 13.2 Å². The molecule has 138 valence electrons. The van der Waals surface area contributed by atoms with Crippen LogP contribution in [0, 0.1) is 5.92 Å². The molecule has 2 heterocycles. The van der Waals surface area contributed by atoms with Crippen molar-refractivity contribution in [3.05, 3.63) is 23.8 Å². The molecule has 0 aliphatic heterocycles. The van der Waals surface area contributed by atoms with Crippen LogP contribution in [0.3, 0.4) is 0 Å². The Morgan fingerprint density at radius 3 is 2.20 bits per heavy atom. The van der Waals surface area contributed by atoms with E-state index in [9.17, 15) is 13.2 Å². The van der Waals surface area contributed by atoms with Gasteiger partial charge in [-0.05, 0) is 38.1 Å². The quantitative estimate of drug-likeness (QED) is 0.898. The molecule has 2 aromatic rings. The van der Waals surface area contributed by atoms with Gasteiger partial charge in [0.2, 0.25) is 17.5 Å². The van der Waals surface area contributed by atoms with E-state index in [1.807, 2.05) is 13.8 Å². The molecule has 0 atom stereocenters. The van der Waals surface area contributed by atoms with Crippen molar-refractivity contribution in [1.82, 2.24) is 20.1 Å². The first kappa shape index (κ1) is 19.3. The lowest BCUT2D eigenvalue weighted by atomic mass is 9.82. The molecule has 2 N–H and O–H groups in total. The summed E-state index contributed by atoms with van der Waals surface area (Å²) in [5, 5.41) is 3.78. The fourth-order valence-electron chi connectivity index (χ4n) is 2.73. The summed E-state index contributed by atoms with van der Waals surface area (Å²) in [6, 6.07) is 0. The second kappa shape index (κ2) is 8.37. The van der Waals surface area contributed by atoms with Crippen LogP contribution in [0.1, 0.15) is 56.9 Å². The summed E-state index contributed by atoms with van der Waals surface area (Å²) in [7, 11) is 0. The third-order valence-electron chi connectivity index (χ3n) is 4.15. The zero-order chi connectivity index (χ0) is 18.4. The Labute approximate surface area is 144 Å². The summed E-state index contributed by atoms with van der Waals surface area (Å²) in [5.41, 5.74) is 4.75. The zero-order valence-electron chi connectivity index (χ0n) is 14.3. The van der Waals surface area contributed by atoms with E-state index in [4.69, 9.17) is 10.3 Å². The third-order valence-corrected chi connectivity index (χ3v) is 4.15. The number of nitrogens with two attached hydrogens (primary N) is 1. The van der Waals surface area contributed by atoms with Gasteiger partial charge in [0.15, 0.2) is 0 Å². The lowest BCUT2D eigenvalue weighted by Crippen LogP contribution is -2.20. The van der Waals surface area contributed by atoms with Gasteiger partial charge in [-0.25, -0.2) is 9.97 Å². The molecule has 0 aromatic carbocycles. The van der Waals surface area contributed by atoms with Crippen molar-refractivity contribution in [2.24, 2.45) is 11.7 Å². The van der Waals surface area contributed by atoms with E-state index in [1.165, 1.54) is 0 Å². The Hall–Kier alpha value is -2.03. The van der Waals surface area contributed by atoms with Crippen molar-refractivity contribution in [3.63, 3.8) is 0 Å². The monoisotopic (exact) mass is 357 g/mol. The fourth-order valence-corrected chi connectivity index (χ4v) is 2.73. The Morgan fingerprint density at radius 2 is 1.68 bits per heavy atom. The van der Waals surface area contributed by atoms with Crippen LogP contribution < -0.4 is 5.73 Å². The summed E-state index contributed by atoms with van der Waals surface area (Å²) < 4.78 is 42.7. The summed E-state index contributed by atoms with van der Waals surface area (Å²) >= 11 is 0. The topological polar surface area (TPSA) is 90.7 Å². The van der Waals surface area contributed by atoms with E-state index in [0.29, 0.717) is 30.7 Å². The van der Waals surface area contributed by atoms with Crippen LogP contribution in [0.5, 0.6) is 0 Å². The predicted molar refractivity (Wildman–Crippen MR) is 85.4 cm³/mol. The summed E-state index contributed by atoms with van der Waals surface area (Å²) in [5.74, 6) is 1.30. The van der Waals surface area contributed by atoms with Crippen LogP contribution in [-0.4, -0.2) is 26.7 Å². The van der Waals surface area contributed by atoms with Crippen molar-refractivity contribution in [2.45, 2.75) is 51.6 Å². The number of hydrogen-bond donors (Lipinski definition) is 1. The Kier molecular flexibility index (Phi) is 6.46. The lowest BCUT2D eigenvalue weighted by Gasteiger charge is -2.24. The van der Waals surface area contributed by atoms with Gasteiger partial charge in [-0.15, -0.1) is 0 Å². The van der Waals surface area contributed by atoms with Gasteiger partial charge >= 0.3 is 6.18 Å². The van der Waals surface area contributed by atoms with Gasteiger partial charge in [-0.3, -0.25) is 0 Å². The number of rotatable bonds is 3. The number of alkyl halides is 3. The van der Waals surface area contributed by atoms with Crippen LogP contribution in [0.2, 0.25) is 0 Å². The van der Waals surface area contributed by atoms with E-state index in [1.54, 1.807) is 0 Å². The second-order valence-corrected chi connectivity index (χ2v) is 5.70. The predicted octanol–water partition coefficient (Wildman–Crippen LogP) is 3.80. The van der Waals surface area contributed by atoms with E-state index < -0.39 is 11.7 Å². The van der Waals surface area contributed by atoms with Gasteiger partial charge in [0, 0.05) is 18.3 Å². The van der Waals surface area contributed by atoms with Gasteiger partial charge in [0.1, 0.15) is 0 Å². The van der Waals surface area contributed by atoms with Gasteiger partial charge in [-0.2, -0.15) is 18.2 Å². The molecular weight excluding hydrogens is 335 g/mol. The summed E-state index contributed by atoms with van der Waals surface area (Å²) in [6.45, 7) is 4.68. The van der Waals surface area contributed by atoms with E-state index >= 15 is 0 Å². The molecule has 3 rings (SSSR count). The molecule has 1 saturated carbocycles. The van der Waals surface area contributed by atoms with E-state index in [2.05, 4.69) is 20.1 Å². The number of halogens is 3. The van der Waals surface area contributed by atoms with Crippen LogP contribution in [-0.2, 0) is 6.18 Å². The standard InChI is InChI=1S/C14H16F3N5O.C2H6/c15-14(16,17)10-6-19-11(20-7-10)12-21-13(23-22-12)9-3-1-8(5-18)2-4-9;1-2/h6-9H,1-5,18H2;1-2H3. The minimum absolute atomic E-state index is 0.0173. The molecule has 25 heavy (non-hydrogen) atoms. The first-order valence-corrected chi connectivity index (χ1v) is 8.40. The summed E-state index contributed by atoms with van der Waals surface area (Å²) in [4.78, 5) is 11.6. The Bertz CT molecular complexity index is 649. The molecule has 0 radical (unpaired) electrons. The van der Waals surface area contributed by atoms with Crippen molar-refractivity contribution < 1.29 is 17.7 Å². The van der Waals surface area contributed by atoms with Gasteiger partial charge in [0.05, 0.1) is 5.56 Å². The number of aromatic nitrogens is 4. The van der Waals surface area contributed by atoms with Crippen molar-refractivity contribution in [1.29, 1.82) is 0 Å². The molecule has 0 bridgehead atoms. The third kappa shape index (κ3) is 4.75. The van der Waals surface area contributed by atoms with E-state index in [-0.39, 0.29) is 17.6 Å². The highest BCUT2D eigenvalue weighted by atomic mass is 19.4. The fraction of sp³-hybridized carbons (Fsp3) is 0.625. The molecule has 1 aliphatic carbocycles. The average Bonchev–Trinajstić information content (AvgIpc) is 3.13. The Balaban J connectivity index is 0.00000109. The average molecular weight is 357 g/mol. The normalized spacial score (nSPS) is 20.7. The molecule has 0 amide bonds. The minimum Gasteiger partial charge on any atom is -0.339 e. The van der Waals surface area contributed by atoms with Crippen LogP contribution in [0.25, 0.3) is 11.6 Å². The van der Waals surface area contributed by atoms with Crippen molar-refractivity contribution in [2.75, 3.05) is 6.54 Å². The van der Waals surface area contributed by atoms with Crippen LogP contribution >= 0.6 is 0 Å². The zero-order valence-corrected chi connectivity index (χ0v) is 14.3. The molecule has 0 spiro atoms. The maximum atomic E-state index is 12.5. The first-order valence-electron chi connectivity index (χ1n) is 8.40. The molecular formula is C16H22F3N5O. The largest absolute Gasteiger partial charge is 0.419 e. The lowest BCUT2D eigenvalue weighted by molar-refractivity contribution is -0.138. The van der Waals surface area contributed by atoms with Gasteiger partial charge in [-0.1, -0.05) is 19.0 Å². The van der Waals surface area contributed by atoms with Gasteiger partial charge in [0.25, 0.3) is 0 Å². The number of hydrogen-bond acceptors (Lipinski definition) is 6.